The molecule has 0 bridgehead atoms. The van der Waals surface area contributed by atoms with Gasteiger partial charge in [0.25, 0.3) is 5.91 Å². The van der Waals surface area contributed by atoms with Gasteiger partial charge in [0.15, 0.2) is 10.3 Å². The lowest BCUT2D eigenvalue weighted by molar-refractivity contribution is 0.102. The van der Waals surface area contributed by atoms with E-state index in [0.29, 0.717) is 0 Å². The van der Waals surface area contributed by atoms with Gasteiger partial charge in [0.05, 0.1) is 0 Å². The molecule has 2 rings (SSSR count). The molecule has 9 heteroatoms. The molecule has 19 heavy (non-hydrogen) atoms. The van der Waals surface area contributed by atoms with E-state index < -0.39 is 5.91 Å². The molecule has 5 nitrogen and oxygen atoms in total. The summed E-state index contributed by atoms with van der Waals surface area (Å²) >= 11 is 23.0. The standard InChI is InChI=1S/C10H4Cl4N4O/c11-5-1-4(2-6(12)17-5)10(19)18-7-8(13)15-3-16-9(7)14/h1-3H,(H,18,19). The molecule has 0 saturated carbocycles. The predicted molar refractivity (Wildman–Crippen MR) is 74.3 cm³/mol. The van der Waals surface area contributed by atoms with E-state index in [1.54, 1.807) is 0 Å². The SMILES string of the molecule is O=C(Nc1c(Cl)ncnc1Cl)c1cc(Cl)nc(Cl)c1. The monoisotopic (exact) mass is 336 g/mol. The average Bonchev–Trinajstić information content (AvgIpc) is 2.32. The van der Waals surface area contributed by atoms with Gasteiger partial charge >= 0.3 is 0 Å². The molecule has 2 aromatic heterocycles. The van der Waals surface area contributed by atoms with Gasteiger partial charge in [-0.2, -0.15) is 0 Å². The summed E-state index contributed by atoms with van der Waals surface area (Å²) in [5.41, 5.74) is 0.320. The van der Waals surface area contributed by atoms with E-state index in [1.807, 2.05) is 0 Å². The Morgan fingerprint density at radius 3 is 2.05 bits per heavy atom. The van der Waals surface area contributed by atoms with Crippen molar-refractivity contribution < 1.29 is 4.79 Å². The van der Waals surface area contributed by atoms with Crippen LogP contribution in [0.3, 0.4) is 0 Å². The molecule has 0 aliphatic heterocycles. The van der Waals surface area contributed by atoms with E-state index in [-0.39, 0.29) is 31.9 Å². The lowest BCUT2D eigenvalue weighted by atomic mass is 10.2. The quantitative estimate of drug-likeness (QED) is 0.669. The second kappa shape index (κ2) is 5.88. The van der Waals surface area contributed by atoms with E-state index in [9.17, 15) is 4.79 Å². The van der Waals surface area contributed by atoms with Crippen LogP contribution in [0.5, 0.6) is 0 Å². The van der Waals surface area contributed by atoms with E-state index in [0.717, 1.165) is 0 Å². The summed E-state index contributed by atoms with van der Waals surface area (Å²) in [7, 11) is 0. The Morgan fingerprint density at radius 2 is 1.53 bits per heavy atom. The van der Waals surface area contributed by atoms with Gasteiger partial charge in [-0.1, -0.05) is 46.4 Å². The number of nitrogens with one attached hydrogen (secondary N) is 1. The van der Waals surface area contributed by atoms with Crippen LogP contribution in [-0.2, 0) is 0 Å². The van der Waals surface area contributed by atoms with E-state index in [1.165, 1.54) is 18.5 Å². The maximum Gasteiger partial charge on any atom is 0.256 e. The summed E-state index contributed by atoms with van der Waals surface area (Å²) in [6.45, 7) is 0. The number of hydrogen-bond donors (Lipinski definition) is 1. The maximum atomic E-state index is 12.0. The number of pyridine rings is 1. The van der Waals surface area contributed by atoms with Gasteiger partial charge in [-0.05, 0) is 12.1 Å². The van der Waals surface area contributed by atoms with Gasteiger partial charge in [0.1, 0.15) is 22.3 Å². The number of rotatable bonds is 2. The molecule has 1 amide bonds. The van der Waals surface area contributed by atoms with Crippen molar-refractivity contribution in [2.45, 2.75) is 0 Å². The Morgan fingerprint density at radius 1 is 1.00 bits per heavy atom. The number of anilines is 1. The number of carbonyl (C=O) groups is 1. The van der Waals surface area contributed by atoms with Crippen LogP contribution in [0, 0.1) is 0 Å². The van der Waals surface area contributed by atoms with Crippen LogP contribution in [-0.4, -0.2) is 20.9 Å². The first-order chi connectivity index (χ1) is 8.97. The Labute approximate surface area is 127 Å². The van der Waals surface area contributed by atoms with Gasteiger partial charge in [-0.3, -0.25) is 4.79 Å². The van der Waals surface area contributed by atoms with Crippen molar-refractivity contribution in [3.63, 3.8) is 0 Å². The van der Waals surface area contributed by atoms with Crippen LogP contribution < -0.4 is 5.32 Å². The van der Waals surface area contributed by atoms with Crippen LogP contribution in [0.4, 0.5) is 5.69 Å². The molecular formula is C10H4Cl4N4O. The maximum absolute atomic E-state index is 12.0. The highest BCUT2D eigenvalue weighted by Gasteiger charge is 2.14. The number of nitrogens with zero attached hydrogens (tertiary/aromatic N) is 3. The topological polar surface area (TPSA) is 67.8 Å². The number of hydrogen-bond acceptors (Lipinski definition) is 4. The molecule has 1 N–H and O–H groups in total. The third-order valence-electron chi connectivity index (χ3n) is 2.02. The molecular weight excluding hydrogens is 334 g/mol. The van der Waals surface area contributed by atoms with Crippen molar-refractivity contribution in [1.29, 1.82) is 0 Å². The normalized spacial score (nSPS) is 10.3. The summed E-state index contributed by atoms with van der Waals surface area (Å²) in [4.78, 5) is 23.2. The average molecular weight is 338 g/mol. The smallest absolute Gasteiger partial charge is 0.256 e. The molecule has 0 saturated heterocycles. The summed E-state index contributed by atoms with van der Waals surface area (Å²) < 4.78 is 0. The van der Waals surface area contributed by atoms with Crippen molar-refractivity contribution in [3.05, 3.63) is 44.6 Å². The summed E-state index contributed by atoms with van der Waals surface area (Å²) in [6.07, 6.45) is 1.18. The molecule has 2 aromatic rings. The first kappa shape index (κ1) is 14.3. The Balaban J connectivity index is 2.31. The number of amides is 1. The molecule has 0 radical (unpaired) electrons. The van der Waals surface area contributed by atoms with Crippen LogP contribution >= 0.6 is 46.4 Å². The van der Waals surface area contributed by atoms with Gasteiger partial charge < -0.3 is 5.32 Å². The Kier molecular flexibility index (Phi) is 4.42. The molecule has 0 aromatic carbocycles. The van der Waals surface area contributed by atoms with Crippen molar-refractivity contribution >= 4 is 58.0 Å². The Bertz CT molecular complexity index is 609. The summed E-state index contributed by atoms with van der Waals surface area (Å²) in [5.74, 6) is -0.509. The zero-order chi connectivity index (χ0) is 14.0. The number of halogens is 4. The molecule has 0 atom stereocenters. The molecule has 0 aliphatic carbocycles. The predicted octanol–water partition coefficient (Wildman–Crippen LogP) is 3.74. The van der Waals surface area contributed by atoms with Gasteiger partial charge in [-0.15, -0.1) is 0 Å². The molecule has 98 valence electrons. The summed E-state index contributed by atoms with van der Waals surface area (Å²) in [6, 6.07) is 2.71. The zero-order valence-electron chi connectivity index (χ0n) is 8.99. The third kappa shape index (κ3) is 3.45. The third-order valence-corrected chi connectivity index (χ3v) is 2.98. The lowest BCUT2D eigenvalue weighted by Gasteiger charge is -2.07. The summed E-state index contributed by atoms with van der Waals surface area (Å²) in [5, 5.41) is 2.72. The molecule has 2 heterocycles. The van der Waals surface area contributed by atoms with Crippen LogP contribution in [0.1, 0.15) is 10.4 Å². The van der Waals surface area contributed by atoms with Crippen molar-refractivity contribution in [2.24, 2.45) is 0 Å². The first-order valence-corrected chi connectivity index (χ1v) is 6.29. The minimum absolute atomic E-state index is 0.0274. The molecule has 0 unspecified atom stereocenters. The highest BCUT2D eigenvalue weighted by atomic mass is 35.5. The fourth-order valence-electron chi connectivity index (χ4n) is 1.23. The molecule has 0 fully saturated rings. The molecule has 0 spiro atoms. The second-order valence-corrected chi connectivity index (χ2v) is 4.78. The fraction of sp³-hybridized carbons (Fsp3) is 0. The van der Waals surface area contributed by atoms with E-state index in [2.05, 4.69) is 20.3 Å². The van der Waals surface area contributed by atoms with Crippen LogP contribution in [0.25, 0.3) is 0 Å². The van der Waals surface area contributed by atoms with Crippen molar-refractivity contribution in [2.75, 3.05) is 5.32 Å². The number of carbonyl (C=O) groups excluding carboxylic acids is 1. The second-order valence-electron chi connectivity index (χ2n) is 3.29. The highest BCUT2D eigenvalue weighted by molar-refractivity contribution is 6.38. The van der Waals surface area contributed by atoms with Gasteiger partial charge in [-0.25, -0.2) is 15.0 Å². The first-order valence-electron chi connectivity index (χ1n) is 4.78. The number of aromatic nitrogens is 3. The van der Waals surface area contributed by atoms with Crippen molar-refractivity contribution in [1.82, 2.24) is 15.0 Å². The van der Waals surface area contributed by atoms with Gasteiger partial charge in [0, 0.05) is 5.56 Å². The molecule has 0 aliphatic rings. The minimum atomic E-state index is -0.509. The zero-order valence-corrected chi connectivity index (χ0v) is 12.0. The minimum Gasteiger partial charge on any atom is -0.317 e. The highest BCUT2D eigenvalue weighted by Crippen LogP contribution is 2.26. The Hall–Kier alpha value is -1.14. The van der Waals surface area contributed by atoms with Gasteiger partial charge in [0.2, 0.25) is 0 Å². The largest absolute Gasteiger partial charge is 0.317 e. The van der Waals surface area contributed by atoms with Crippen molar-refractivity contribution in [3.8, 4) is 0 Å². The lowest BCUT2D eigenvalue weighted by Crippen LogP contribution is -2.13. The van der Waals surface area contributed by atoms with E-state index in [4.69, 9.17) is 46.4 Å². The van der Waals surface area contributed by atoms with Crippen LogP contribution in [0.2, 0.25) is 20.6 Å². The fourth-order valence-corrected chi connectivity index (χ4v) is 2.10. The van der Waals surface area contributed by atoms with Crippen LogP contribution in [0.15, 0.2) is 18.5 Å². The van der Waals surface area contributed by atoms with E-state index >= 15 is 0 Å².